The van der Waals surface area contributed by atoms with Crippen LogP contribution in [0.5, 0.6) is 0 Å². The Balaban J connectivity index is 1.81. The van der Waals surface area contributed by atoms with Crippen LogP contribution in [0.15, 0.2) is 24.3 Å². The standard InChI is InChI=1S/C16H21ClN2O3/c1-11-8-13(15(20)21)10-19(9-11)16(22)18-7-6-12-2-4-14(17)5-3-12/h2-5,11,13H,6-10H2,1H3,(H,18,22)(H,20,21). The predicted molar refractivity (Wildman–Crippen MR) is 85.0 cm³/mol. The number of urea groups is 1. The Morgan fingerprint density at radius 1 is 1.32 bits per heavy atom. The lowest BCUT2D eigenvalue weighted by molar-refractivity contribution is -0.143. The van der Waals surface area contributed by atoms with Crippen LogP contribution in [0.3, 0.4) is 0 Å². The number of nitrogens with zero attached hydrogens (tertiary/aromatic N) is 1. The Hall–Kier alpha value is -1.75. The summed E-state index contributed by atoms with van der Waals surface area (Å²) in [7, 11) is 0. The predicted octanol–water partition coefficient (Wildman–Crippen LogP) is 2.63. The number of carbonyl (C=O) groups excluding carboxylic acids is 1. The summed E-state index contributed by atoms with van der Waals surface area (Å²) in [5, 5.41) is 12.7. The van der Waals surface area contributed by atoms with Crippen molar-refractivity contribution < 1.29 is 14.7 Å². The normalized spacial score (nSPS) is 21.5. The van der Waals surface area contributed by atoms with Crippen LogP contribution >= 0.6 is 11.6 Å². The Bertz CT molecular complexity index is 533. The van der Waals surface area contributed by atoms with Crippen molar-refractivity contribution >= 4 is 23.6 Å². The fourth-order valence-electron chi connectivity index (χ4n) is 2.77. The van der Waals surface area contributed by atoms with E-state index in [9.17, 15) is 9.59 Å². The first-order chi connectivity index (χ1) is 10.5. The number of amides is 2. The molecule has 2 unspecified atom stereocenters. The molecule has 0 bridgehead atoms. The number of nitrogens with one attached hydrogen (secondary N) is 1. The first-order valence-corrected chi connectivity index (χ1v) is 7.83. The van der Waals surface area contributed by atoms with Gasteiger partial charge in [0.05, 0.1) is 5.92 Å². The summed E-state index contributed by atoms with van der Waals surface area (Å²) in [6.07, 6.45) is 1.35. The lowest BCUT2D eigenvalue weighted by Gasteiger charge is -2.34. The highest BCUT2D eigenvalue weighted by Gasteiger charge is 2.31. The quantitative estimate of drug-likeness (QED) is 0.894. The minimum Gasteiger partial charge on any atom is -0.481 e. The van der Waals surface area contributed by atoms with Crippen molar-refractivity contribution in [1.29, 1.82) is 0 Å². The van der Waals surface area contributed by atoms with E-state index in [1.807, 2.05) is 31.2 Å². The van der Waals surface area contributed by atoms with Crippen molar-refractivity contribution in [2.24, 2.45) is 11.8 Å². The first kappa shape index (κ1) is 16.6. The van der Waals surface area contributed by atoms with Crippen LogP contribution in [0.1, 0.15) is 18.9 Å². The van der Waals surface area contributed by atoms with Crippen LogP contribution in [-0.2, 0) is 11.2 Å². The van der Waals surface area contributed by atoms with Crippen LogP contribution in [0.4, 0.5) is 4.79 Å². The maximum Gasteiger partial charge on any atom is 0.317 e. The average molecular weight is 325 g/mol. The van der Waals surface area contributed by atoms with E-state index in [0.717, 1.165) is 5.56 Å². The minimum absolute atomic E-state index is 0.188. The molecular formula is C16H21ClN2O3. The number of carboxylic acids is 1. The zero-order valence-electron chi connectivity index (χ0n) is 12.6. The second-order valence-electron chi connectivity index (χ2n) is 5.89. The molecule has 2 N–H and O–H groups in total. The zero-order chi connectivity index (χ0) is 16.1. The third-order valence-electron chi connectivity index (χ3n) is 3.90. The van der Waals surface area contributed by atoms with Gasteiger partial charge in [-0.05, 0) is 36.5 Å². The van der Waals surface area contributed by atoms with Gasteiger partial charge in [-0.3, -0.25) is 4.79 Å². The van der Waals surface area contributed by atoms with Gasteiger partial charge in [-0.15, -0.1) is 0 Å². The molecule has 0 saturated carbocycles. The molecule has 1 fully saturated rings. The van der Waals surface area contributed by atoms with Gasteiger partial charge < -0.3 is 15.3 Å². The van der Waals surface area contributed by atoms with Gasteiger partial charge in [0.15, 0.2) is 0 Å². The number of likely N-dealkylation sites (tertiary alicyclic amines) is 1. The molecule has 0 spiro atoms. The van der Waals surface area contributed by atoms with Crippen molar-refractivity contribution in [3.05, 3.63) is 34.9 Å². The number of rotatable bonds is 4. The number of aliphatic carboxylic acids is 1. The largest absolute Gasteiger partial charge is 0.481 e. The first-order valence-electron chi connectivity index (χ1n) is 7.45. The van der Waals surface area contributed by atoms with Gasteiger partial charge in [0, 0.05) is 24.7 Å². The van der Waals surface area contributed by atoms with E-state index >= 15 is 0 Å². The topological polar surface area (TPSA) is 69.6 Å². The molecule has 1 aliphatic rings. The average Bonchev–Trinajstić information content (AvgIpc) is 2.48. The molecule has 1 aliphatic heterocycles. The van der Waals surface area contributed by atoms with Gasteiger partial charge >= 0.3 is 12.0 Å². The highest BCUT2D eigenvalue weighted by Crippen LogP contribution is 2.21. The SMILES string of the molecule is CC1CC(C(=O)O)CN(C(=O)NCCc2ccc(Cl)cc2)C1. The molecule has 1 heterocycles. The molecule has 1 aromatic rings. The molecule has 1 saturated heterocycles. The number of hydrogen-bond acceptors (Lipinski definition) is 2. The van der Waals surface area contributed by atoms with Crippen molar-refractivity contribution in [1.82, 2.24) is 10.2 Å². The maximum absolute atomic E-state index is 12.2. The third-order valence-corrected chi connectivity index (χ3v) is 4.15. The highest BCUT2D eigenvalue weighted by atomic mass is 35.5. The van der Waals surface area contributed by atoms with Gasteiger partial charge in [0.25, 0.3) is 0 Å². The molecule has 6 heteroatoms. The molecular weight excluding hydrogens is 304 g/mol. The Kier molecular flexibility index (Phi) is 5.66. The number of piperidine rings is 1. The fraction of sp³-hybridized carbons (Fsp3) is 0.500. The van der Waals surface area contributed by atoms with Crippen LogP contribution in [0.2, 0.25) is 5.02 Å². The molecule has 2 rings (SSSR count). The van der Waals surface area contributed by atoms with Gasteiger partial charge in [0.2, 0.25) is 0 Å². The van der Waals surface area contributed by atoms with Crippen molar-refractivity contribution in [2.45, 2.75) is 19.8 Å². The fourth-order valence-corrected chi connectivity index (χ4v) is 2.90. The van der Waals surface area contributed by atoms with Crippen LogP contribution in [0.25, 0.3) is 0 Å². The van der Waals surface area contributed by atoms with Crippen LogP contribution in [0, 0.1) is 11.8 Å². The van der Waals surface area contributed by atoms with E-state index in [2.05, 4.69) is 5.32 Å². The summed E-state index contributed by atoms with van der Waals surface area (Å²) in [4.78, 5) is 24.9. The smallest absolute Gasteiger partial charge is 0.317 e. The lowest BCUT2D eigenvalue weighted by Crippen LogP contribution is -2.49. The summed E-state index contributed by atoms with van der Waals surface area (Å²) in [6, 6.07) is 7.31. The van der Waals surface area contributed by atoms with Gasteiger partial charge in [0.1, 0.15) is 0 Å². The van der Waals surface area contributed by atoms with Crippen molar-refractivity contribution in [3.63, 3.8) is 0 Å². The van der Waals surface area contributed by atoms with Gasteiger partial charge in [-0.1, -0.05) is 30.7 Å². The minimum atomic E-state index is -0.828. The molecule has 2 atom stereocenters. The van der Waals surface area contributed by atoms with E-state index in [1.54, 1.807) is 4.90 Å². The van der Waals surface area contributed by atoms with Gasteiger partial charge in [-0.25, -0.2) is 4.79 Å². The molecule has 0 aromatic heterocycles. The summed E-state index contributed by atoms with van der Waals surface area (Å²) in [6.45, 7) is 3.38. The molecule has 2 amide bonds. The summed E-state index contributed by atoms with van der Waals surface area (Å²) < 4.78 is 0. The Morgan fingerprint density at radius 2 is 2.00 bits per heavy atom. The Labute approximate surface area is 135 Å². The summed E-state index contributed by atoms with van der Waals surface area (Å²) >= 11 is 5.83. The zero-order valence-corrected chi connectivity index (χ0v) is 13.3. The van der Waals surface area contributed by atoms with E-state index in [1.165, 1.54) is 0 Å². The second kappa shape index (κ2) is 7.49. The summed E-state index contributed by atoms with van der Waals surface area (Å²) in [5.74, 6) is -1.09. The number of carboxylic acid groups (broad SMARTS) is 1. The molecule has 1 aromatic carbocycles. The number of benzene rings is 1. The van der Waals surface area contributed by atoms with Crippen molar-refractivity contribution in [2.75, 3.05) is 19.6 Å². The van der Waals surface area contributed by atoms with Crippen LogP contribution < -0.4 is 5.32 Å². The molecule has 0 radical (unpaired) electrons. The molecule has 5 nitrogen and oxygen atoms in total. The van der Waals surface area contributed by atoms with Crippen molar-refractivity contribution in [3.8, 4) is 0 Å². The van der Waals surface area contributed by atoms with E-state index in [-0.39, 0.29) is 18.5 Å². The monoisotopic (exact) mass is 324 g/mol. The molecule has 120 valence electrons. The second-order valence-corrected chi connectivity index (χ2v) is 6.33. The van der Waals surface area contributed by atoms with E-state index in [0.29, 0.717) is 31.0 Å². The Morgan fingerprint density at radius 3 is 2.64 bits per heavy atom. The van der Waals surface area contributed by atoms with E-state index in [4.69, 9.17) is 16.7 Å². The molecule has 22 heavy (non-hydrogen) atoms. The lowest BCUT2D eigenvalue weighted by atomic mass is 9.91. The molecule has 0 aliphatic carbocycles. The van der Waals surface area contributed by atoms with Crippen LogP contribution in [-0.4, -0.2) is 41.6 Å². The number of halogens is 1. The highest BCUT2D eigenvalue weighted by molar-refractivity contribution is 6.30. The maximum atomic E-state index is 12.2. The van der Waals surface area contributed by atoms with E-state index < -0.39 is 11.9 Å². The van der Waals surface area contributed by atoms with Gasteiger partial charge in [-0.2, -0.15) is 0 Å². The number of carbonyl (C=O) groups is 2. The number of hydrogen-bond donors (Lipinski definition) is 2. The summed E-state index contributed by atoms with van der Waals surface area (Å²) in [5.41, 5.74) is 1.10. The third kappa shape index (κ3) is 4.63.